The van der Waals surface area contributed by atoms with Crippen molar-refractivity contribution in [3.05, 3.63) is 23.8 Å². The van der Waals surface area contributed by atoms with Gasteiger partial charge in [-0.15, -0.1) is 10.2 Å². The summed E-state index contributed by atoms with van der Waals surface area (Å²) in [5.41, 5.74) is -1.99. The van der Waals surface area contributed by atoms with Gasteiger partial charge in [-0.25, -0.2) is 19.0 Å². The summed E-state index contributed by atoms with van der Waals surface area (Å²) in [6.07, 6.45) is 2.21. The number of ether oxygens (including phenoxy) is 2. The van der Waals surface area contributed by atoms with Crippen LogP contribution in [0.4, 0.5) is 4.79 Å². The Hall–Kier alpha value is -3.64. The van der Waals surface area contributed by atoms with Crippen molar-refractivity contribution < 1.29 is 28.7 Å². The SMILES string of the molecule is COC(=O)C1(NC(=O)OC(C)(C)C)C[C@@H](n2cc(C(C)=O)nn2)[C@H](n2cc(C(C)=O)nn2)C1. The van der Waals surface area contributed by atoms with E-state index in [2.05, 4.69) is 25.9 Å². The average molecular weight is 461 g/mol. The Kier molecular flexibility index (Phi) is 6.34. The quantitative estimate of drug-likeness (QED) is 0.490. The van der Waals surface area contributed by atoms with Crippen molar-refractivity contribution in [1.82, 2.24) is 35.3 Å². The van der Waals surface area contributed by atoms with E-state index in [1.807, 2.05) is 0 Å². The summed E-state index contributed by atoms with van der Waals surface area (Å²) in [6.45, 7) is 7.83. The van der Waals surface area contributed by atoms with Gasteiger partial charge >= 0.3 is 12.1 Å². The highest BCUT2D eigenvalue weighted by molar-refractivity contribution is 5.92. The van der Waals surface area contributed by atoms with E-state index in [0.29, 0.717) is 0 Å². The van der Waals surface area contributed by atoms with Crippen LogP contribution in [-0.4, -0.2) is 71.9 Å². The van der Waals surface area contributed by atoms with Crippen molar-refractivity contribution in [2.24, 2.45) is 0 Å². The maximum atomic E-state index is 12.9. The minimum Gasteiger partial charge on any atom is -0.467 e. The first-order valence-electron chi connectivity index (χ1n) is 10.3. The molecule has 13 heteroatoms. The van der Waals surface area contributed by atoms with Gasteiger partial charge in [-0.05, 0) is 20.8 Å². The lowest BCUT2D eigenvalue weighted by Gasteiger charge is -2.29. The summed E-state index contributed by atoms with van der Waals surface area (Å²) >= 11 is 0. The largest absolute Gasteiger partial charge is 0.467 e. The number of carbonyl (C=O) groups excluding carboxylic acids is 4. The zero-order chi connectivity index (χ0) is 24.6. The van der Waals surface area contributed by atoms with Crippen LogP contribution in [0, 0.1) is 0 Å². The Morgan fingerprint density at radius 1 is 0.970 bits per heavy atom. The molecule has 1 aliphatic rings. The third-order valence-corrected chi connectivity index (χ3v) is 5.30. The van der Waals surface area contributed by atoms with Gasteiger partial charge in [-0.3, -0.25) is 9.59 Å². The third kappa shape index (κ3) is 5.07. The number of nitrogens with zero attached hydrogens (tertiary/aromatic N) is 6. The number of amides is 1. The van der Waals surface area contributed by atoms with Gasteiger partial charge in [-0.1, -0.05) is 10.4 Å². The molecule has 1 aliphatic carbocycles. The molecule has 178 valence electrons. The molecule has 2 aromatic rings. The topological polar surface area (TPSA) is 160 Å². The highest BCUT2D eigenvalue weighted by Gasteiger charge is 2.55. The van der Waals surface area contributed by atoms with E-state index in [9.17, 15) is 19.2 Å². The van der Waals surface area contributed by atoms with Crippen molar-refractivity contribution in [2.45, 2.75) is 70.7 Å². The van der Waals surface area contributed by atoms with Crippen LogP contribution in [0.1, 0.15) is 80.5 Å². The molecule has 0 saturated heterocycles. The second kappa shape index (κ2) is 8.71. The number of hydrogen-bond donors (Lipinski definition) is 1. The van der Waals surface area contributed by atoms with Crippen LogP contribution in [-0.2, 0) is 14.3 Å². The molecule has 0 aromatic carbocycles. The van der Waals surface area contributed by atoms with Crippen molar-refractivity contribution in [3.63, 3.8) is 0 Å². The summed E-state index contributed by atoms with van der Waals surface area (Å²) in [4.78, 5) is 49.0. The minimum absolute atomic E-state index is 0.0412. The Balaban J connectivity index is 2.04. The van der Waals surface area contributed by atoms with Crippen LogP contribution in [0.2, 0.25) is 0 Å². The van der Waals surface area contributed by atoms with Crippen LogP contribution in [0.5, 0.6) is 0 Å². The number of methoxy groups -OCH3 is 1. The van der Waals surface area contributed by atoms with Gasteiger partial charge < -0.3 is 14.8 Å². The molecule has 0 bridgehead atoms. The molecule has 2 heterocycles. The van der Waals surface area contributed by atoms with Crippen LogP contribution in [0.15, 0.2) is 12.4 Å². The van der Waals surface area contributed by atoms with Crippen molar-refractivity contribution in [1.29, 1.82) is 0 Å². The molecule has 0 aliphatic heterocycles. The molecule has 2 aromatic heterocycles. The number of Topliss-reactive ketones (excluding diaryl/α,β-unsaturated/α-hetero) is 2. The number of nitrogens with one attached hydrogen (secondary N) is 1. The average Bonchev–Trinajstić information content (AvgIpc) is 3.43. The van der Waals surface area contributed by atoms with Crippen LogP contribution in [0.3, 0.4) is 0 Å². The van der Waals surface area contributed by atoms with Crippen LogP contribution >= 0.6 is 0 Å². The number of ketones is 2. The molecular weight excluding hydrogens is 434 g/mol. The predicted molar refractivity (Wildman–Crippen MR) is 111 cm³/mol. The maximum absolute atomic E-state index is 12.9. The molecule has 1 N–H and O–H groups in total. The second-order valence-corrected chi connectivity index (χ2v) is 9.02. The van der Waals surface area contributed by atoms with Crippen LogP contribution < -0.4 is 5.32 Å². The standard InChI is InChI=1S/C20H27N7O6/c1-11(28)13-9-26(24-22-13)15-7-20(17(30)32-6,21-18(31)33-19(3,4)5)8-16(15)27-10-14(12(2)29)23-25-27/h9-10,15-16H,7-8H2,1-6H3,(H,21,31)/t15-,16-/m1/s1. The monoisotopic (exact) mass is 461 g/mol. The predicted octanol–water partition coefficient (Wildman–Crippen LogP) is 1.29. The summed E-state index contributed by atoms with van der Waals surface area (Å²) in [5.74, 6) is -1.23. The van der Waals surface area contributed by atoms with Gasteiger partial charge in [-0.2, -0.15) is 0 Å². The highest BCUT2D eigenvalue weighted by atomic mass is 16.6. The summed E-state index contributed by atoms with van der Waals surface area (Å²) in [6, 6.07) is -1.16. The van der Waals surface area contributed by atoms with Gasteiger partial charge in [0.25, 0.3) is 0 Å². The number of hydrogen-bond acceptors (Lipinski definition) is 10. The van der Waals surface area contributed by atoms with E-state index in [-0.39, 0.29) is 35.8 Å². The minimum atomic E-state index is -1.49. The molecule has 2 atom stereocenters. The van der Waals surface area contributed by atoms with E-state index in [1.54, 1.807) is 20.8 Å². The number of aromatic nitrogens is 6. The van der Waals surface area contributed by atoms with E-state index in [4.69, 9.17) is 9.47 Å². The first kappa shape index (κ1) is 24.0. The third-order valence-electron chi connectivity index (χ3n) is 5.30. The maximum Gasteiger partial charge on any atom is 0.408 e. The molecule has 1 amide bonds. The number of carbonyl (C=O) groups is 4. The van der Waals surface area contributed by atoms with Gasteiger partial charge in [0.2, 0.25) is 0 Å². The number of esters is 1. The van der Waals surface area contributed by atoms with Gasteiger partial charge in [0.1, 0.15) is 22.5 Å². The van der Waals surface area contributed by atoms with Gasteiger partial charge in [0, 0.05) is 26.7 Å². The van der Waals surface area contributed by atoms with E-state index < -0.39 is 35.3 Å². The molecule has 3 rings (SSSR count). The second-order valence-electron chi connectivity index (χ2n) is 9.02. The fourth-order valence-corrected chi connectivity index (χ4v) is 3.82. The summed E-state index contributed by atoms with van der Waals surface area (Å²) in [7, 11) is 1.22. The zero-order valence-corrected chi connectivity index (χ0v) is 19.4. The van der Waals surface area contributed by atoms with E-state index in [1.165, 1.54) is 42.7 Å². The molecular formula is C20H27N7O6. The Labute approximate surface area is 189 Å². The first-order valence-corrected chi connectivity index (χ1v) is 10.3. The zero-order valence-electron chi connectivity index (χ0n) is 19.4. The first-order chi connectivity index (χ1) is 15.3. The molecule has 1 saturated carbocycles. The van der Waals surface area contributed by atoms with E-state index >= 15 is 0 Å². The van der Waals surface area contributed by atoms with Crippen molar-refractivity contribution in [2.75, 3.05) is 7.11 Å². The van der Waals surface area contributed by atoms with Gasteiger partial charge in [0.05, 0.1) is 31.6 Å². The Morgan fingerprint density at radius 2 is 1.42 bits per heavy atom. The summed E-state index contributed by atoms with van der Waals surface area (Å²) in [5, 5.41) is 18.5. The highest BCUT2D eigenvalue weighted by Crippen LogP contribution is 2.45. The molecule has 1 fully saturated rings. The van der Waals surface area contributed by atoms with E-state index in [0.717, 1.165) is 0 Å². The molecule has 0 spiro atoms. The molecule has 33 heavy (non-hydrogen) atoms. The normalized spacial score (nSPS) is 19.7. The number of alkyl carbamates (subject to hydrolysis) is 1. The number of rotatable bonds is 6. The smallest absolute Gasteiger partial charge is 0.408 e. The Morgan fingerprint density at radius 3 is 1.76 bits per heavy atom. The van der Waals surface area contributed by atoms with Crippen molar-refractivity contribution >= 4 is 23.6 Å². The van der Waals surface area contributed by atoms with Crippen LogP contribution in [0.25, 0.3) is 0 Å². The lowest BCUT2D eigenvalue weighted by Crippen LogP contribution is -2.54. The van der Waals surface area contributed by atoms with Crippen molar-refractivity contribution in [3.8, 4) is 0 Å². The fourth-order valence-electron chi connectivity index (χ4n) is 3.82. The molecule has 0 unspecified atom stereocenters. The summed E-state index contributed by atoms with van der Waals surface area (Å²) < 4.78 is 13.3. The lowest BCUT2D eigenvalue weighted by molar-refractivity contribution is -0.148. The lowest BCUT2D eigenvalue weighted by atomic mass is 9.97. The fraction of sp³-hybridized carbons (Fsp3) is 0.600. The Bertz CT molecular complexity index is 1020. The molecule has 0 radical (unpaired) electrons. The van der Waals surface area contributed by atoms with Gasteiger partial charge in [0.15, 0.2) is 11.6 Å². The molecule has 13 nitrogen and oxygen atoms in total.